The zero-order chi connectivity index (χ0) is 13.7. The molecule has 1 fully saturated rings. The summed E-state index contributed by atoms with van der Waals surface area (Å²) in [5.74, 6) is 0.0675. The van der Waals surface area contributed by atoms with E-state index in [2.05, 4.69) is 45.0 Å². The van der Waals surface area contributed by atoms with E-state index in [1.807, 2.05) is 24.3 Å². The second-order valence-electron chi connectivity index (χ2n) is 4.74. The first-order valence-electron chi connectivity index (χ1n) is 6.70. The van der Waals surface area contributed by atoms with Crippen LogP contribution < -0.4 is 10.6 Å². The van der Waals surface area contributed by atoms with Crippen molar-refractivity contribution in [3.05, 3.63) is 27.8 Å². The van der Waals surface area contributed by atoms with E-state index in [1.165, 1.54) is 0 Å². The summed E-state index contributed by atoms with van der Waals surface area (Å²) in [6.07, 6.45) is 1.13. The van der Waals surface area contributed by atoms with Gasteiger partial charge in [-0.3, -0.25) is 9.69 Å². The second-order valence-corrected chi connectivity index (χ2v) is 5.90. The number of rotatable bonds is 5. The van der Waals surface area contributed by atoms with Crippen LogP contribution >= 0.6 is 22.6 Å². The first kappa shape index (κ1) is 14.7. The van der Waals surface area contributed by atoms with Crippen molar-refractivity contribution in [1.29, 1.82) is 0 Å². The van der Waals surface area contributed by atoms with E-state index in [4.69, 9.17) is 0 Å². The molecule has 19 heavy (non-hydrogen) atoms. The average molecular weight is 373 g/mol. The van der Waals surface area contributed by atoms with Gasteiger partial charge in [0.25, 0.3) is 0 Å². The highest BCUT2D eigenvalue weighted by molar-refractivity contribution is 14.1. The topological polar surface area (TPSA) is 44.4 Å². The Labute approximate surface area is 128 Å². The van der Waals surface area contributed by atoms with Crippen molar-refractivity contribution in [2.45, 2.75) is 19.4 Å². The molecule has 0 aromatic heterocycles. The molecule has 1 aromatic carbocycles. The van der Waals surface area contributed by atoms with Gasteiger partial charge < -0.3 is 10.6 Å². The summed E-state index contributed by atoms with van der Waals surface area (Å²) in [5, 5.41) is 6.33. The van der Waals surface area contributed by atoms with Crippen molar-refractivity contribution >= 4 is 34.2 Å². The zero-order valence-corrected chi connectivity index (χ0v) is 13.3. The highest BCUT2D eigenvalue weighted by Crippen LogP contribution is 2.17. The van der Waals surface area contributed by atoms with Crippen LogP contribution in [-0.4, -0.2) is 43.0 Å². The Morgan fingerprint density at radius 3 is 2.95 bits per heavy atom. The Morgan fingerprint density at radius 1 is 1.53 bits per heavy atom. The summed E-state index contributed by atoms with van der Waals surface area (Å²) in [5.41, 5.74) is 0.897. The number of para-hydroxylation sites is 1. The number of carbonyl (C=O) groups excluding carboxylic acids is 1. The van der Waals surface area contributed by atoms with Crippen LogP contribution in [0.5, 0.6) is 0 Å². The lowest BCUT2D eigenvalue weighted by molar-refractivity contribution is -0.117. The lowest BCUT2D eigenvalue weighted by Gasteiger charge is -2.26. The molecule has 1 atom stereocenters. The molecule has 104 valence electrons. The molecular formula is C14H20IN3O. The molecule has 1 aliphatic rings. The van der Waals surface area contributed by atoms with Crippen LogP contribution in [0.2, 0.25) is 0 Å². The summed E-state index contributed by atoms with van der Waals surface area (Å²) < 4.78 is 1.07. The molecule has 0 saturated carbocycles. The Morgan fingerprint density at radius 2 is 2.32 bits per heavy atom. The molecular weight excluding hydrogens is 353 g/mol. The summed E-state index contributed by atoms with van der Waals surface area (Å²) in [4.78, 5) is 14.4. The minimum Gasteiger partial charge on any atom is -0.324 e. The number of nitrogens with one attached hydrogen (secondary N) is 2. The predicted octanol–water partition coefficient (Wildman–Crippen LogP) is 1.91. The molecule has 1 aliphatic heterocycles. The number of carbonyl (C=O) groups is 1. The van der Waals surface area contributed by atoms with Crippen molar-refractivity contribution in [1.82, 2.24) is 10.2 Å². The van der Waals surface area contributed by atoms with Crippen LogP contribution in [-0.2, 0) is 4.79 Å². The van der Waals surface area contributed by atoms with Gasteiger partial charge in [0.1, 0.15) is 0 Å². The molecule has 2 N–H and O–H groups in total. The molecule has 1 unspecified atom stereocenters. The lowest BCUT2D eigenvalue weighted by Crippen LogP contribution is -2.41. The van der Waals surface area contributed by atoms with Gasteiger partial charge in [-0.15, -0.1) is 0 Å². The minimum absolute atomic E-state index is 0.0675. The van der Waals surface area contributed by atoms with Crippen LogP contribution in [0.3, 0.4) is 0 Å². The summed E-state index contributed by atoms with van der Waals surface area (Å²) in [7, 11) is 0. The normalized spacial score (nSPS) is 18.8. The molecule has 1 aromatic rings. The van der Waals surface area contributed by atoms with E-state index in [0.717, 1.165) is 35.3 Å². The third-order valence-corrected chi connectivity index (χ3v) is 4.39. The fourth-order valence-electron chi connectivity index (χ4n) is 2.39. The first-order chi connectivity index (χ1) is 9.20. The molecule has 0 radical (unpaired) electrons. The Balaban J connectivity index is 1.91. The lowest BCUT2D eigenvalue weighted by atomic mass is 10.2. The molecule has 0 bridgehead atoms. The van der Waals surface area contributed by atoms with Gasteiger partial charge in [-0.25, -0.2) is 0 Å². The first-order valence-corrected chi connectivity index (χ1v) is 7.77. The van der Waals surface area contributed by atoms with E-state index in [1.54, 1.807) is 0 Å². The summed E-state index contributed by atoms with van der Waals surface area (Å²) >= 11 is 2.24. The Kier molecular flexibility index (Phi) is 5.59. The smallest absolute Gasteiger partial charge is 0.238 e. The van der Waals surface area contributed by atoms with Crippen molar-refractivity contribution in [3.8, 4) is 0 Å². The van der Waals surface area contributed by atoms with Crippen LogP contribution in [0.1, 0.15) is 13.3 Å². The van der Waals surface area contributed by atoms with Crippen LogP contribution in [0.25, 0.3) is 0 Å². The maximum absolute atomic E-state index is 12.1. The van der Waals surface area contributed by atoms with Gasteiger partial charge in [0.15, 0.2) is 0 Å². The summed E-state index contributed by atoms with van der Waals surface area (Å²) in [6.45, 7) is 5.53. The monoisotopic (exact) mass is 373 g/mol. The SMILES string of the molecule is CCN(CC(=O)Nc1ccccc1I)C1CCNC1. The molecule has 5 heteroatoms. The van der Waals surface area contributed by atoms with Gasteiger partial charge in [0, 0.05) is 16.2 Å². The van der Waals surface area contributed by atoms with Crippen molar-refractivity contribution in [2.24, 2.45) is 0 Å². The van der Waals surface area contributed by atoms with Gasteiger partial charge >= 0.3 is 0 Å². The van der Waals surface area contributed by atoms with E-state index in [0.29, 0.717) is 12.6 Å². The van der Waals surface area contributed by atoms with Gasteiger partial charge in [-0.1, -0.05) is 19.1 Å². The van der Waals surface area contributed by atoms with Crippen molar-refractivity contribution in [2.75, 3.05) is 31.5 Å². The highest BCUT2D eigenvalue weighted by atomic mass is 127. The zero-order valence-electron chi connectivity index (χ0n) is 11.2. The number of hydrogen-bond acceptors (Lipinski definition) is 3. The Hall–Kier alpha value is -0.660. The number of amides is 1. The number of hydrogen-bond donors (Lipinski definition) is 2. The van der Waals surface area contributed by atoms with Crippen molar-refractivity contribution < 1.29 is 4.79 Å². The molecule has 1 amide bonds. The molecule has 1 saturated heterocycles. The van der Waals surface area contributed by atoms with E-state index in [-0.39, 0.29) is 5.91 Å². The number of nitrogens with zero attached hydrogens (tertiary/aromatic N) is 1. The predicted molar refractivity (Wildman–Crippen MR) is 86.3 cm³/mol. The number of halogens is 1. The van der Waals surface area contributed by atoms with Crippen LogP contribution in [0.4, 0.5) is 5.69 Å². The van der Waals surface area contributed by atoms with Crippen LogP contribution in [0.15, 0.2) is 24.3 Å². The largest absolute Gasteiger partial charge is 0.324 e. The fraction of sp³-hybridized carbons (Fsp3) is 0.500. The quantitative estimate of drug-likeness (QED) is 0.776. The number of anilines is 1. The van der Waals surface area contributed by atoms with Gasteiger partial charge in [-0.2, -0.15) is 0 Å². The molecule has 4 nitrogen and oxygen atoms in total. The molecule has 2 rings (SSSR count). The maximum atomic E-state index is 12.1. The standard InChI is InChI=1S/C14H20IN3O/c1-2-18(11-7-8-16-9-11)10-14(19)17-13-6-4-3-5-12(13)15/h3-6,11,16H,2,7-10H2,1H3,(H,17,19). The molecule has 0 spiro atoms. The highest BCUT2D eigenvalue weighted by Gasteiger charge is 2.22. The maximum Gasteiger partial charge on any atom is 0.238 e. The molecule has 0 aliphatic carbocycles. The fourth-order valence-corrected chi connectivity index (χ4v) is 2.91. The van der Waals surface area contributed by atoms with E-state index >= 15 is 0 Å². The van der Waals surface area contributed by atoms with Crippen LogP contribution in [0, 0.1) is 3.57 Å². The van der Waals surface area contributed by atoms with Crippen molar-refractivity contribution in [3.63, 3.8) is 0 Å². The Bertz CT molecular complexity index is 432. The minimum atomic E-state index is 0.0675. The van der Waals surface area contributed by atoms with E-state index < -0.39 is 0 Å². The number of benzene rings is 1. The van der Waals surface area contributed by atoms with Gasteiger partial charge in [0.05, 0.1) is 12.2 Å². The van der Waals surface area contributed by atoms with Gasteiger partial charge in [0.2, 0.25) is 5.91 Å². The molecule has 1 heterocycles. The van der Waals surface area contributed by atoms with E-state index in [9.17, 15) is 4.79 Å². The third kappa shape index (κ3) is 4.15. The average Bonchev–Trinajstić information content (AvgIpc) is 2.92. The third-order valence-electron chi connectivity index (χ3n) is 3.45. The van der Waals surface area contributed by atoms with Gasteiger partial charge in [-0.05, 0) is 54.2 Å². The summed E-state index contributed by atoms with van der Waals surface area (Å²) in [6, 6.07) is 8.34. The number of likely N-dealkylation sites (N-methyl/N-ethyl adjacent to an activating group) is 1. The second kappa shape index (κ2) is 7.21.